The van der Waals surface area contributed by atoms with Crippen LogP contribution in [0.2, 0.25) is 0 Å². The van der Waals surface area contributed by atoms with Crippen molar-refractivity contribution < 1.29 is 24.2 Å². The molecule has 0 bridgehead atoms. The predicted octanol–water partition coefficient (Wildman–Crippen LogP) is 1.69. The van der Waals surface area contributed by atoms with Crippen molar-refractivity contribution in [3.05, 3.63) is 29.8 Å². The molecule has 7 heteroatoms. The molecule has 3 rings (SSSR count). The number of nitrogens with zero attached hydrogens (tertiary/aromatic N) is 2. The van der Waals surface area contributed by atoms with E-state index in [0.717, 1.165) is 17.7 Å². The van der Waals surface area contributed by atoms with E-state index in [1.165, 1.54) is 0 Å². The van der Waals surface area contributed by atoms with Crippen molar-refractivity contribution in [3.8, 4) is 0 Å². The lowest BCUT2D eigenvalue weighted by Gasteiger charge is -2.26. The number of rotatable bonds is 6. The lowest BCUT2D eigenvalue weighted by atomic mass is 10.1. The largest absolute Gasteiger partial charge is 0.481 e. The second-order valence-electron chi connectivity index (χ2n) is 7.22. The summed E-state index contributed by atoms with van der Waals surface area (Å²) in [6.07, 6.45) is 1.21. The number of aliphatic carboxylic acids is 1. The number of anilines is 1. The van der Waals surface area contributed by atoms with Gasteiger partial charge in [0.2, 0.25) is 11.8 Å². The quantitative estimate of drug-likeness (QED) is 0.819. The third kappa shape index (κ3) is 3.98. The molecule has 1 N–H and O–H groups in total. The second-order valence-corrected chi connectivity index (χ2v) is 7.22. The van der Waals surface area contributed by atoms with Crippen LogP contribution in [0.25, 0.3) is 0 Å². The van der Waals surface area contributed by atoms with E-state index in [9.17, 15) is 14.4 Å². The number of aryl methyl sites for hydroxylation is 1. The molecule has 2 saturated heterocycles. The zero-order valence-electron chi connectivity index (χ0n) is 15.8. The minimum Gasteiger partial charge on any atom is -0.481 e. The fraction of sp³-hybridized carbons (Fsp3) is 0.550. The number of amides is 2. The molecule has 2 aliphatic rings. The summed E-state index contributed by atoms with van der Waals surface area (Å²) in [5.74, 6) is -1.60. The summed E-state index contributed by atoms with van der Waals surface area (Å²) in [7, 11) is 1.57. The van der Waals surface area contributed by atoms with Crippen molar-refractivity contribution in [2.45, 2.75) is 44.8 Å². The van der Waals surface area contributed by atoms with E-state index in [-0.39, 0.29) is 36.8 Å². The van der Waals surface area contributed by atoms with Crippen molar-refractivity contribution in [2.75, 3.05) is 25.1 Å². The first-order valence-electron chi connectivity index (χ1n) is 9.37. The van der Waals surface area contributed by atoms with Gasteiger partial charge >= 0.3 is 5.97 Å². The van der Waals surface area contributed by atoms with Gasteiger partial charge in [-0.1, -0.05) is 25.1 Å². The Balaban J connectivity index is 1.76. The van der Waals surface area contributed by atoms with Crippen molar-refractivity contribution >= 4 is 23.5 Å². The van der Waals surface area contributed by atoms with Crippen molar-refractivity contribution in [3.63, 3.8) is 0 Å². The zero-order valence-corrected chi connectivity index (χ0v) is 15.8. The number of hydrogen-bond acceptors (Lipinski definition) is 4. The van der Waals surface area contributed by atoms with E-state index in [1.54, 1.807) is 16.9 Å². The third-order valence-electron chi connectivity index (χ3n) is 5.54. The fourth-order valence-electron chi connectivity index (χ4n) is 4.12. The Kier molecular flexibility index (Phi) is 5.79. The monoisotopic (exact) mass is 374 g/mol. The normalized spacial score (nSPS) is 25.3. The Hall–Kier alpha value is -2.41. The van der Waals surface area contributed by atoms with Crippen LogP contribution in [0.4, 0.5) is 5.69 Å². The van der Waals surface area contributed by atoms with Gasteiger partial charge in [0, 0.05) is 38.3 Å². The highest BCUT2D eigenvalue weighted by molar-refractivity contribution is 6.01. The molecule has 2 heterocycles. The van der Waals surface area contributed by atoms with E-state index >= 15 is 0 Å². The Labute approximate surface area is 158 Å². The van der Waals surface area contributed by atoms with Gasteiger partial charge in [0.05, 0.1) is 18.4 Å². The first-order valence-corrected chi connectivity index (χ1v) is 9.37. The molecule has 0 aromatic heterocycles. The van der Waals surface area contributed by atoms with Crippen LogP contribution in [0.3, 0.4) is 0 Å². The van der Waals surface area contributed by atoms with Crippen molar-refractivity contribution in [1.29, 1.82) is 0 Å². The summed E-state index contributed by atoms with van der Waals surface area (Å²) < 4.78 is 5.34. The molecule has 146 valence electrons. The van der Waals surface area contributed by atoms with E-state index in [4.69, 9.17) is 9.84 Å². The van der Waals surface area contributed by atoms with Gasteiger partial charge in [-0.25, -0.2) is 0 Å². The lowest BCUT2D eigenvalue weighted by molar-refractivity contribution is -0.141. The third-order valence-corrected chi connectivity index (χ3v) is 5.54. The van der Waals surface area contributed by atoms with E-state index in [1.807, 2.05) is 31.2 Å². The highest BCUT2D eigenvalue weighted by atomic mass is 16.5. The number of methoxy groups -OCH3 is 1. The standard InChI is InChI=1S/C20H26N2O5/c1-3-13-6-4-5-7-17(13)22-11-14(8-18(22)23)20(26)21-12-16(27-2)9-15(21)10-19(24)25/h4-7,14-16H,3,8-12H2,1-2H3,(H,24,25). The number of likely N-dealkylation sites (tertiary alicyclic amines) is 1. The molecule has 2 amide bonds. The van der Waals surface area contributed by atoms with Crippen LogP contribution in [-0.4, -0.2) is 60.1 Å². The maximum Gasteiger partial charge on any atom is 0.305 e. The van der Waals surface area contributed by atoms with Gasteiger partial charge in [0.1, 0.15) is 0 Å². The van der Waals surface area contributed by atoms with Crippen LogP contribution < -0.4 is 4.90 Å². The molecule has 1 aromatic carbocycles. The number of carbonyl (C=O) groups is 3. The number of carbonyl (C=O) groups excluding carboxylic acids is 2. The Bertz CT molecular complexity index is 735. The van der Waals surface area contributed by atoms with Gasteiger partial charge in [-0.15, -0.1) is 0 Å². The van der Waals surface area contributed by atoms with Crippen LogP contribution in [-0.2, 0) is 25.5 Å². The van der Waals surface area contributed by atoms with E-state index in [2.05, 4.69) is 0 Å². The molecule has 2 fully saturated rings. The number of ether oxygens (including phenoxy) is 1. The van der Waals surface area contributed by atoms with Gasteiger partial charge in [-0.2, -0.15) is 0 Å². The first kappa shape index (κ1) is 19.4. The van der Waals surface area contributed by atoms with Crippen molar-refractivity contribution in [1.82, 2.24) is 4.90 Å². The molecular formula is C20H26N2O5. The average molecular weight is 374 g/mol. The minimum absolute atomic E-state index is 0.0634. The van der Waals surface area contributed by atoms with E-state index < -0.39 is 11.9 Å². The van der Waals surface area contributed by atoms with Crippen LogP contribution in [0, 0.1) is 5.92 Å². The Morgan fingerprint density at radius 2 is 2.00 bits per heavy atom. The summed E-state index contributed by atoms with van der Waals surface area (Å²) in [6, 6.07) is 7.35. The first-order chi connectivity index (χ1) is 12.9. The maximum atomic E-state index is 13.1. The molecule has 0 aliphatic carbocycles. The summed E-state index contributed by atoms with van der Waals surface area (Å²) in [5.41, 5.74) is 1.93. The van der Waals surface area contributed by atoms with Crippen LogP contribution in [0.5, 0.6) is 0 Å². The van der Waals surface area contributed by atoms with Gasteiger partial charge in [-0.3, -0.25) is 14.4 Å². The number of benzene rings is 1. The number of hydrogen-bond donors (Lipinski definition) is 1. The lowest BCUT2D eigenvalue weighted by Crippen LogP contribution is -2.42. The highest BCUT2D eigenvalue weighted by Gasteiger charge is 2.43. The topological polar surface area (TPSA) is 87.2 Å². The molecule has 0 spiro atoms. The van der Waals surface area contributed by atoms with Gasteiger partial charge < -0.3 is 19.6 Å². The summed E-state index contributed by atoms with van der Waals surface area (Å²) in [4.78, 5) is 40.1. The van der Waals surface area contributed by atoms with Gasteiger partial charge in [-0.05, 0) is 24.5 Å². The minimum atomic E-state index is -0.935. The highest BCUT2D eigenvalue weighted by Crippen LogP contribution is 2.32. The fourth-order valence-corrected chi connectivity index (χ4v) is 4.12. The van der Waals surface area contributed by atoms with Gasteiger partial charge in [0.15, 0.2) is 0 Å². The van der Waals surface area contributed by atoms with Crippen LogP contribution in [0.1, 0.15) is 31.7 Å². The van der Waals surface area contributed by atoms with Crippen molar-refractivity contribution in [2.24, 2.45) is 5.92 Å². The average Bonchev–Trinajstić information content (AvgIpc) is 3.24. The molecular weight excluding hydrogens is 348 g/mol. The molecule has 1 aromatic rings. The molecule has 2 aliphatic heterocycles. The van der Waals surface area contributed by atoms with Gasteiger partial charge in [0.25, 0.3) is 0 Å². The molecule has 0 radical (unpaired) electrons. The maximum absolute atomic E-state index is 13.1. The molecule has 3 unspecified atom stereocenters. The summed E-state index contributed by atoms with van der Waals surface area (Å²) in [5, 5.41) is 9.15. The van der Waals surface area contributed by atoms with Crippen LogP contribution in [0.15, 0.2) is 24.3 Å². The van der Waals surface area contributed by atoms with Crippen LogP contribution >= 0.6 is 0 Å². The summed E-state index contributed by atoms with van der Waals surface area (Å²) in [6.45, 7) is 2.75. The second kappa shape index (κ2) is 8.08. The Morgan fingerprint density at radius 1 is 1.26 bits per heavy atom. The molecule has 3 atom stereocenters. The van der Waals surface area contributed by atoms with E-state index in [0.29, 0.717) is 19.5 Å². The molecule has 0 saturated carbocycles. The SMILES string of the molecule is CCc1ccccc1N1CC(C(=O)N2CC(OC)CC2CC(=O)O)CC1=O. The summed E-state index contributed by atoms with van der Waals surface area (Å²) >= 11 is 0. The number of para-hydroxylation sites is 1. The number of carboxylic acid groups (broad SMARTS) is 1. The molecule has 7 nitrogen and oxygen atoms in total. The zero-order chi connectivity index (χ0) is 19.6. The molecule has 27 heavy (non-hydrogen) atoms. The predicted molar refractivity (Wildman–Crippen MR) is 99.4 cm³/mol. The number of carboxylic acids is 1. The smallest absolute Gasteiger partial charge is 0.305 e. The Morgan fingerprint density at radius 3 is 2.67 bits per heavy atom.